The van der Waals surface area contributed by atoms with Crippen LogP contribution in [-0.4, -0.2) is 13.3 Å². The molecule has 0 unspecified atom stereocenters. The van der Waals surface area contributed by atoms with Crippen molar-refractivity contribution in [3.63, 3.8) is 0 Å². The lowest BCUT2D eigenvalue weighted by molar-refractivity contribution is 0.215. The third kappa shape index (κ3) is 2.69. The molecular formula is C17H13NO3. The number of rotatable bonds is 3. The molecular weight excluding hydrogens is 266 g/mol. The maximum Gasteiger partial charge on any atom is 0.193 e. The molecule has 21 heavy (non-hydrogen) atoms. The molecule has 1 heterocycles. The van der Waals surface area contributed by atoms with Gasteiger partial charge in [-0.1, -0.05) is 35.5 Å². The molecule has 1 aromatic heterocycles. The van der Waals surface area contributed by atoms with E-state index in [1.165, 1.54) is 13.2 Å². The number of nitrogens with zero attached hydrogens (tertiary/aromatic N) is 1. The molecule has 4 nitrogen and oxygen atoms in total. The second-order valence-corrected chi connectivity index (χ2v) is 4.51. The molecule has 0 amide bonds. The summed E-state index contributed by atoms with van der Waals surface area (Å²) >= 11 is 0. The average molecular weight is 279 g/mol. The lowest BCUT2D eigenvalue weighted by Crippen LogP contribution is -2.01. The molecule has 0 spiro atoms. The minimum absolute atomic E-state index is 0.0808. The largest absolute Gasteiger partial charge is 0.456 e. The van der Waals surface area contributed by atoms with Crippen LogP contribution in [0.15, 0.2) is 69.0 Å². The summed E-state index contributed by atoms with van der Waals surface area (Å²) in [5.41, 5.74) is 2.13. The van der Waals surface area contributed by atoms with Crippen LogP contribution >= 0.6 is 0 Å². The van der Waals surface area contributed by atoms with Crippen LogP contribution in [0.25, 0.3) is 22.3 Å². The van der Waals surface area contributed by atoms with Gasteiger partial charge in [-0.15, -0.1) is 0 Å². The van der Waals surface area contributed by atoms with Crippen molar-refractivity contribution < 1.29 is 9.25 Å². The van der Waals surface area contributed by atoms with Gasteiger partial charge in [0.05, 0.1) is 11.6 Å². The van der Waals surface area contributed by atoms with Crippen LogP contribution in [0.3, 0.4) is 0 Å². The Morgan fingerprint density at radius 1 is 1.10 bits per heavy atom. The Morgan fingerprint density at radius 3 is 2.67 bits per heavy atom. The van der Waals surface area contributed by atoms with Crippen molar-refractivity contribution in [1.29, 1.82) is 0 Å². The van der Waals surface area contributed by atoms with Crippen LogP contribution in [0, 0.1) is 0 Å². The van der Waals surface area contributed by atoms with Gasteiger partial charge < -0.3 is 9.25 Å². The van der Waals surface area contributed by atoms with E-state index in [2.05, 4.69) is 9.99 Å². The van der Waals surface area contributed by atoms with Crippen molar-refractivity contribution in [3.8, 4) is 11.3 Å². The highest BCUT2D eigenvalue weighted by Gasteiger charge is 2.07. The summed E-state index contributed by atoms with van der Waals surface area (Å²) in [6.07, 6.45) is 1.55. The molecule has 0 saturated heterocycles. The van der Waals surface area contributed by atoms with Gasteiger partial charge in [-0.2, -0.15) is 0 Å². The molecule has 0 aliphatic heterocycles. The molecule has 2 aromatic carbocycles. The molecule has 0 bridgehead atoms. The Morgan fingerprint density at radius 2 is 1.90 bits per heavy atom. The fraction of sp³-hybridized carbons (Fsp3) is 0.0588. The Bertz CT molecular complexity index is 851. The third-order valence-corrected chi connectivity index (χ3v) is 3.12. The SMILES string of the molecule is CO/N=C\c1ccc2oc(-c3ccccc3)cc(=O)c2c1. The van der Waals surface area contributed by atoms with E-state index in [4.69, 9.17) is 4.42 Å². The number of oxime groups is 1. The lowest BCUT2D eigenvalue weighted by Gasteiger charge is -2.03. The second-order valence-electron chi connectivity index (χ2n) is 4.51. The van der Waals surface area contributed by atoms with Crippen LogP contribution < -0.4 is 5.43 Å². The van der Waals surface area contributed by atoms with Gasteiger partial charge in [0.25, 0.3) is 0 Å². The summed E-state index contributed by atoms with van der Waals surface area (Å²) in [6.45, 7) is 0. The van der Waals surface area contributed by atoms with Gasteiger partial charge in [0, 0.05) is 11.6 Å². The topological polar surface area (TPSA) is 51.8 Å². The van der Waals surface area contributed by atoms with E-state index in [-0.39, 0.29) is 5.43 Å². The predicted octanol–water partition coefficient (Wildman–Crippen LogP) is 3.44. The summed E-state index contributed by atoms with van der Waals surface area (Å²) in [5.74, 6) is 0.561. The fourth-order valence-corrected chi connectivity index (χ4v) is 2.11. The van der Waals surface area contributed by atoms with Gasteiger partial charge in [-0.3, -0.25) is 4.79 Å². The van der Waals surface area contributed by atoms with E-state index >= 15 is 0 Å². The lowest BCUT2D eigenvalue weighted by atomic mass is 10.1. The molecule has 0 saturated carbocycles. The van der Waals surface area contributed by atoms with Crippen molar-refractivity contribution in [2.24, 2.45) is 5.16 Å². The predicted molar refractivity (Wildman–Crippen MR) is 82.5 cm³/mol. The van der Waals surface area contributed by atoms with Crippen LogP contribution in [-0.2, 0) is 4.84 Å². The highest BCUT2D eigenvalue weighted by Crippen LogP contribution is 2.22. The summed E-state index contributed by atoms with van der Waals surface area (Å²) < 4.78 is 5.81. The zero-order valence-electron chi connectivity index (χ0n) is 11.4. The van der Waals surface area contributed by atoms with Crippen LogP contribution in [0.4, 0.5) is 0 Å². The van der Waals surface area contributed by atoms with Crippen LogP contribution in [0.5, 0.6) is 0 Å². The Labute approximate surface area is 121 Å². The number of hydrogen-bond acceptors (Lipinski definition) is 4. The van der Waals surface area contributed by atoms with E-state index in [0.29, 0.717) is 16.7 Å². The molecule has 0 fully saturated rings. The molecule has 3 rings (SSSR count). The van der Waals surface area contributed by atoms with E-state index in [1.807, 2.05) is 36.4 Å². The van der Waals surface area contributed by atoms with E-state index < -0.39 is 0 Å². The molecule has 104 valence electrons. The first kappa shape index (κ1) is 13.1. The van der Waals surface area contributed by atoms with Crippen molar-refractivity contribution in [1.82, 2.24) is 0 Å². The second kappa shape index (κ2) is 5.63. The molecule has 0 radical (unpaired) electrons. The van der Waals surface area contributed by atoms with Crippen molar-refractivity contribution >= 4 is 17.2 Å². The normalized spacial score (nSPS) is 11.1. The zero-order valence-corrected chi connectivity index (χ0v) is 11.4. The van der Waals surface area contributed by atoms with Crippen molar-refractivity contribution in [2.45, 2.75) is 0 Å². The standard InChI is InChI=1S/C17H13NO3/c1-20-18-11-12-7-8-16-14(9-12)15(19)10-17(21-16)13-5-3-2-4-6-13/h2-11H,1H3/b18-11-. The first-order valence-electron chi connectivity index (χ1n) is 6.48. The summed E-state index contributed by atoms with van der Waals surface area (Å²) in [6, 6.07) is 16.4. The summed E-state index contributed by atoms with van der Waals surface area (Å²) in [5, 5.41) is 4.21. The monoisotopic (exact) mass is 279 g/mol. The zero-order chi connectivity index (χ0) is 14.7. The average Bonchev–Trinajstić information content (AvgIpc) is 2.54. The number of fused-ring (bicyclic) bond motifs is 1. The molecule has 0 aliphatic rings. The van der Waals surface area contributed by atoms with Crippen LogP contribution in [0.2, 0.25) is 0 Å². The summed E-state index contributed by atoms with van der Waals surface area (Å²) in [4.78, 5) is 16.9. The van der Waals surface area contributed by atoms with Gasteiger partial charge in [0.1, 0.15) is 18.5 Å². The minimum atomic E-state index is -0.0808. The van der Waals surface area contributed by atoms with Crippen molar-refractivity contribution in [3.05, 3.63) is 70.4 Å². The van der Waals surface area contributed by atoms with E-state index in [9.17, 15) is 4.79 Å². The minimum Gasteiger partial charge on any atom is -0.456 e. The van der Waals surface area contributed by atoms with Gasteiger partial charge in [-0.25, -0.2) is 0 Å². The summed E-state index contributed by atoms with van der Waals surface area (Å²) in [7, 11) is 1.47. The van der Waals surface area contributed by atoms with Crippen molar-refractivity contribution in [2.75, 3.05) is 7.11 Å². The van der Waals surface area contributed by atoms with Gasteiger partial charge >= 0.3 is 0 Å². The molecule has 0 atom stereocenters. The number of hydrogen-bond donors (Lipinski definition) is 0. The molecule has 4 heteroatoms. The molecule has 3 aromatic rings. The Balaban J connectivity index is 2.14. The van der Waals surface area contributed by atoms with E-state index in [0.717, 1.165) is 11.1 Å². The maximum atomic E-state index is 12.3. The Hall–Kier alpha value is -2.88. The van der Waals surface area contributed by atoms with Crippen LogP contribution in [0.1, 0.15) is 5.56 Å². The van der Waals surface area contributed by atoms with Gasteiger partial charge in [0.15, 0.2) is 5.43 Å². The smallest absolute Gasteiger partial charge is 0.193 e. The quantitative estimate of drug-likeness (QED) is 0.545. The third-order valence-electron chi connectivity index (χ3n) is 3.12. The van der Waals surface area contributed by atoms with Gasteiger partial charge in [0.2, 0.25) is 0 Å². The highest BCUT2D eigenvalue weighted by atomic mass is 16.6. The Kier molecular flexibility index (Phi) is 3.51. The first-order valence-corrected chi connectivity index (χ1v) is 6.48. The maximum absolute atomic E-state index is 12.3. The first-order chi connectivity index (χ1) is 10.3. The fourth-order valence-electron chi connectivity index (χ4n) is 2.11. The van der Waals surface area contributed by atoms with Gasteiger partial charge in [-0.05, 0) is 23.8 Å². The molecule has 0 N–H and O–H groups in total. The molecule has 0 aliphatic carbocycles. The van der Waals surface area contributed by atoms with E-state index in [1.54, 1.807) is 18.3 Å². The number of benzene rings is 2. The highest BCUT2D eigenvalue weighted by molar-refractivity contribution is 5.88.